The largest absolute Gasteiger partial charge is 0.478 e. The van der Waals surface area contributed by atoms with E-state index in [2.05, 4.69) is 0 Å². The number of benzene rings is 1. The first kappa shape index (κ1) is 11.4. The molecule has 0 saturated carbocycles. The van der Waals surface area contributed by atoms with Crippen LogP contribution in [-0.4, -0.2) is 34.2 Å². The maximum absolute atomic E-state index is 11.5. The highest BCUT2D eigenvalue weighted by Crippen LogP contribution is 2.24. The van der Waals surface area contributed by atoms with E-state index in [0.29, 0.717) is 6.54 Å². The summed E-state index contributed by atoms with van der Waals surface area (Å²) in [7, 11) is 0. The number of hydrogen-bond acceptors (Lipinski definition) is 3. The molecule has 2 rings (SSSR count). The summed E-state index contributed by atoms with van der Waals surface area (Å²) < 4.78 is 4.88. The Bertz CT molecular complexity index is 445. The fraction of sp³-hybridized carbons (Fsp3) is 0.333. The number of carboxylic acids is 1. The van der Waals surface area contributed by atoms with Crippen molar-refractivity contribution in [2.75, 3.05) is 6.54 Å². The van der Waals surface area contributed by atoms with Crippen molar-refractivity contribution in [3.8, 4) is 0 Å². The minimum atomic E-state index is -1.44. The van der Waals surface area contributed by atoms with Gasteiger partial charge in [0.15, 0.2) is 0 Å². The van der Waals surface area contributed by atoms with Crippen molar-refractivity contribution in [1.29, 1.82) is 0 Å². The average Bonchev–Trinajstić information content (AvgIpc) is 2.57. The summed E-state index contributed by atoms with van der Waals surface area (Å²) in [5.74, 6) is -1.12. The Kier molecular flexibility index (Phi) is 2.75. The van der Waals surface area contributed by atoms with Crippen LogP contribution in [0.1, 0.15) is 12.5 Å². The molecule has 17 heavy (non-hydrogen) atoms. The third-order valence-corrected chi connectivity index (χ3v) is 2.73. The second kappa shape index (κ2) is 4.08. The lowest BCUT2D eigenvalue weighted by Gasteiger charge is -2.16. The second-order valence-corrected chi connectivity index (χ2v) is 4.25. The number of rotatable bonds is 3. The number of carbonyl (C=O) groups is 2. The lowest BCUT2D eigenvalue weighted by atomic mass is 10.1. The van der Waals surface area contributed by atoms with Gasteiger partial charge in [-0.1, -0.05) is 30.3 Å². The minimum Gasteiger partial charge on any atom is -0.478 e. The predicted octanol–water partition coefficient (Wildman–Crippen LogP) is 1.48. The van der Waals surface area contributed by atoms with Crippen molar-refractivity contribution >= 4 is 12.1 Å². The molecule has 0 spiro atoms. The summed E-state index contributed by atoms with van der Waals surface area (Å²) in [5, 5.41) is 8.97. The van der Waals surface area contributed by atoms with E-state index < -0.39 is 17.7 Å². The first-order chi connectivity index (χ1) is 8.01. The van der Waals surface area contributed by atoms with Crippen molar-refractivity contribution in [1.82, 2.24) is 4.90 Å². The zero-order valence-electron chi connectivity index (χ0n) is 9.42. The SMILES string of the molecule is CC1(C(=O)O)CN(Cc2ccccc2)C(=O)O1. The summed E-state index contributed by atoms with van der Waals surface area (Å²) in [4.78, 5) is 23.9. The summed E-state index contributed by atoms with van der Waals surface area (Å²) in [6.45, 7) is 1.83. The fourth-order valence-corrected chi connectivity index (χ4v) is 1.75. The highest BCUT2D eigenvalue weighted by Gasteiger charge is 2.47. The van der Waals surface area contributed by atoms with Gasteiger partial charge in [-0.2, -0.15) is 0 Å². The third-order valence-electron chi connectivity index (χ3n) is 2.73. The van der Waals surface area contributed by atoms with E-state index in [1.54, 1.807) is 0 Å². The Hall–Kier alpha value is -2.04. The molecule has 1 aromatic rings. The van der Waals surface area contributed by atoms with Crippen LogP contribution >= 0.6 is 0 Å². The van der Waals surface area contributed by atoms with Gasteiger partial charge in [0.2, 0.25) is 5.60 Å². The van der Waals surface area contributed by atoms with Crippen LogP contribution < -0.4 is 0 Å². The monoisotopic (exact) mass is 235 g/mol. The standard InChI is InChI=1S/C12H13NO4/c1-12(10(14)15)8-13(11(16)17-12)7-9-5-3-2-4-6-9/h2-6H,7-8H2,1H3,(H,14,15). The molecule has 0 radical (unpaired) electrons. The van der Waals surface area contributed by atoms with Crippen LogP contribution in [0.15, 0.2) is 30.3 Å². The maximum atomic E-state index is 11.5. The van der Waals surface area contributed by atoms with E-state index in [0.717, 1.165) is 5.56 Å². The van der Waals surface area contributed by atoms with Crippen molar-refractivity contribution in [2.24, 2.45) is 0 Å². The van der Waals surface area contributed by atoms with E-state index in [1.165, 1.54) is 11.8 Å². The second-order valence-electron chi connectivity index (χ2n) is 4.25. The molecule has 1 saturated heterocycles. The van der Waals surface area contributed by atoms with Gasteiger partial charge in [-0.05, 0) is 12.5 Å². The first-order valence-electron chi connectivity index (χ1n) is 5.26. The molecule has 1 aliphatic rings. The average molecular weight is 235 g/mol. The van der Waals surface area contributed by atoms with Gasteiger partial charge >= 0.3 is 12.1 Å². The van der Waals surface area contributed by atoms with Crippen LogP contribution in [0.3, 0.4) is 0 Å². The molecule has 1 heterocycles. The number of hydrogen-bond donors (Lipinski definition) is 1. The third kappa shape index (κ3) is 2.22. The van der Waals surface area contributed by atoms with Gasteiger partial charge in [0, 0.05) is 6.54 Å². The minimum absolute atomic E-state index is 0.0655. The smallest absolute Gasteiger partial charge is 0.411 e. The number of aliphatic carboxylic acids is 1. The van der Waals surface area contributed by atoms with Gasteiger partial charge < -0.3 is 9.84 Å². The Balaban J connectivity index is 2.09. The summed E-state index contributed by atoms with van der Waals surface area (Å²) in [6, 6.07) is 9.38. The summed E-state index contributed by atoms with van der Waals surface area (Å²) in [6.07, 6.45) is -0.584. The predicted molar refractivity (Wildman–Crippen MR) is 59.4 cm³/mol. The van der Waals surface area contributed by atoms with E-state index in [4.69, 9.17) is 9.84 Å². The van der Waals surface area contributed by atoms with Gasteiger partial charge in [0.05, 0.1) is 6.54 Å². The molecule has 1 aliphatic heterocycles. The van der Waals surface area contributed by atoms with Crippen LogP contribution in [0, 0.1) is 0 Å². The van der Waals surface area contributed by atoms with Crippen molar-refractivity contribution in [3.63, 3.8) is 0 Å². The van der Waals surface area contributed by atoms with Gasteiger partial charge in [0.25, 0.3) is 0 Å². The van der Waals surface area contributed by atoms with Gasteiger partial charge in [-0.3, -0.25) is 4.90 Å². The summed E-state index contributed by atoms with van der Waals surface area (Å²) >= 11 is 0. The molecule has 1 N–H and O–H groups in total. The number of cyclic esters (lactones) is 1. The van der Waals surface area contributed by atoms with Crippen LogP contribution in [0.5, 0.6) is 0 Å². The van der Waals surface area contributed by atoms with Crippen molar-refractivity contribution in [3.05, 3.63) is 35.9 Å². The van der Waals surface area contributed by atoms with E-state index >= 15 is 0 Å². The fourth-order valence-electron chi connectivity index (χ4n) is 1.75. The molecule has 0 bridgehead atoms. The summed E-state index contributed by atoms with van der Waals surface area (Å²) in [5.41, 5.74) is -0.495. The number of amides is 1. The first-order valence-corrected chi connectivity index (χ1v) is 5.26. The van der Waals surface area contributed by atoms with E-state index in [-0.39, 0.29) is 6.54 Å². The maximum Gasteiger partial charge on any atom is 0.411 e. The van der Waals surface area contributed by atoms with Crippen molar-refractivity contribution < 1.29 is 19.4 Å². The molecule has 1 amide bonds. The molecule has 1 atom stereocenters. The zero-order chi connectivity index (χ0) is 12.5. The molecule has 1 unspecified atom stereocenters. The topological polar surface area (TPSA) is 66.8 Å². The van der Waals surface area contributed by atoms with Gasteiger partial charge in [0.1, 0.15) is 0 Å². The molecule has 0 aromatic heterocycles. The Morgan fingerprint density at radius 1 is 1.47 bits per heavy atom. The highest BCUT2D eigenvalue weighted by molar-refractivity contribution is 5.84. The zero-order valence-corrected chi connectivity index (χ0v) is 9.42. The Labute approximate surface area is 98.6 Å². The molecular weight excluding hydrogens is 222 g/mol. The molecular formula is C12H13NO4. The molecule has 5 nitrogen and oxygen atoms in total. The number of ether oxygens (including phenoxy) is 1. The highest BCUT2D eigenvalue weighted by atomic mass is 16.6. The lowest BCUT2D eigenvalue weighted by molar-refractivity contribution is -0.153. The van der Waals surface area contributed by atoms with E-state index in [9.17, 15) is 9.59 Å². The van der Waals surface area contributed by atoms with Crippen LogP contribution in [-0.2, 0) is 16.1 Å². The molecule has 90 valence electrons. The van der Waals surface area contributed by atoms with Crippen LogP contribution in [0.4, 0.5) is 4.79 Å². The number of carbonyl (C=O) groups excluding carboxylic acids is 1. The van der Waals surface area contributed by atoms with Crippen LogP contribution in [0.2, 0.25) is 0 Å². The molecule has 1 aromatic carbocycles. The quantitative estimate of drug-likeness (QED) is 0.861. The Morgan fingerprint density at radius 2 is 2.12 bits per heavy atom. The van der Waals surface area contributed by atoms with Crippen LogP contribution in [0.25, 0.3) is 0 Å². The molecule has 0 aliphatic carbocycles. The normalized spacial score (nSPS) is 23.6. The molecule has 1 fully saturated rings. The Morgan fingerprint density at radius 3 is 2.65 bits per heavy atom. The molecule has 5 heteroatoms. The number of carboxylic acid groups (broad SMARTS) is 1. The van der Waals surface area contributed by atoms with E-state index in [1.807, 2.05) is 30.3 Å². The van der Waals surface area contributed by atoms with Gasteiger partial charge in [-0.25, -0.2) is 9.59 Å². The van der Waals surface area contributed by atoms with Crippen molar-refractivity contribution in [2.45, 2.75) is 19.1 Å². The number of nitrogens with zero attached hydrogens (tertiary/aromatic N) is 1. The van der Waals surface area contributed by atoms with Gasteiger partial charge in [-0.15, -0.1) is 0 Å². The lowest BCUT2D eigenvalue weighted by Crippen LogP contribution is -2.39.